The van der Waals surface area contributed by atoms with E-state index in [4.69, 9.17) is 0 Å². The van der Waals surface area contributed by atoms with Crippen LogP contribution in [0.1, 0.15) is 23.1 Å². The minimum Gasteiger partial charge on any atom is -0.359 e. The molecule has 1 N–H and O–H groups in total. The van der Waals surface area contributed by atoms with Gasteiger partial charge in [0.15, 0.2) is 0 Å². The standard InChI is InChI=1S/C27H29N3O2/c1-20-6-5-7-21(16-20)17-25(31)30-15-12-27(19-30,26(32)28-2)18-23-8-3-4-9-24(23)22-10-13-29-14-11-22/h3-11,13-14,16H,12,15,17-19H2,1-2H3,(H,28,32)/t27-/m0/s1. The van der Waals surface area contributed by atoms with Gasteiger partial charge in [-0.2, -0.15) is 0 Å². The van der Waals surface area contributed by atoms with Gasteiger partial charge in [0.25, 0.3) is 0 Å². The quantitative estimate of drug-likeness (QED) is 0.651. The maximum Gasteiger partial charge on any atom is 0.228 e. The van der Waals surface area contributed by atoms with E-state index < -0.39 is 5.41 Å². The van der Waals surface area contributed by atoms with Crippen LogP contribution >= 0.6 is 0 Å². The Labute approximate surface area is 189 Å². The second kappa shape index (κ2) is 9.35. The van der Waals surface area contributed by atoms with Crippen molar-refractivity contribution in [1.82, 2.24) is 15.2 Å². The van der Waals surface area contributed by atoms with E-state index in [1.807, 2.05) is 60.4 Å². The van der Waals surface area contributed by atoms with Crippen molar-refractivity contribution in [2.75, 3.05) is 20.1 Å². The van der Waals surface area contributed by atoms with Crippen molar-refractivity contribution in [3.05, 3.63) is 89.7 Å². The molecule has 0 spiro atoms. The molecule has 0 bridgehead atoms. The molecule has 0 radical (unpaired) electrons. The zero-order valence-corrected chi connectivity index (χ0v) is 18.7. The fraction of sp³-hybridized carbons (Fsp3) is 0.296. The number of carbonyl (C=O) groups is 2. The van der Waals surface area contributed by atoms with Crippen LogP contribution in [0.15, 0.2) is 73.1 Å². The third-order valence-corrected chi connectivity index (χ3v) is 6.39. The molecule has 5 nitrogen and oxygen atoms in total. The summed E-state index contributed by atoms with van der Waals surface area (Å²) in [6.07, 6.45) is 5.15. The van der Waals surface area contributed by atoms with Crippen LogP contribution in [0.5, 0.6) is 0 Å². The molecule has 1 aliphatic rings. The van der Waals surface area contributed by atoms with Gasteiger partial charge in [0, 0.05) is 32.5 Å². The van der Waals surface area contributed by atoms with E-state index in [1.54, 1.807) is 19.4 Å². The van der Waals surface area contributed by atoms with Crippen LogP contribution in [-0.4, -0.2) is 41.8 Å². The van der Waals surface area contributed by atoms with Crippen molar-refractivity contribution < 1.29 is 9.59 Å². The number of aromatic nitrogens is 1. The van der Waals surface area contributed by atoms with Crippen LogP contribution < -0.4 is 5.32 Å². The fourth-order valence-corrected chi connectivity index (χ4v) is 4.72. The highest BCUT2D eigenvalue weighted by molar-refractivity contribution is 5.86. The molecule has 2 heterocycles. The van der Waals surface area contributed by atoms with E-state index in [-0.39, 0.29) is 11.8 Å². The fourth-order valence-electron chi connectivity index (χ4n) is 4.72. The summed E-state index contributed by atoms with van der Waals surface area (Å²) in [5.74, 6) is 0.0664. The molecule has 0 aliphatic carbocycles. The van der Waals surface area contributed by atoms with E-state index in [2.05, 4.69) is 22.4 Å². The Kier molecular flexibility index (Phi) is 6.35. The van der Waals surface area contributed by atoms with Crippen LogP contribution in [0.2, 0.25) is 0 Å². The van der Waals surface area contributed by atoms with Crippen molar-refractivity contribution in [1.29, 1.82) is 0 Å². The highest BCUT2D eigenvalue weighted by atomic mass is 16.2. The van der Waals surface area contributed by atoms with Gasteiger partial charge in [0.1, 0.15) is 0 Å². The molecule has 1 aliphatic heterocycles. The summed E-state index contributed by atoms with van der Waals surface area (Å²) >= 11 is 0. The minimum absolute atomic E-state index is 0.00659. The van der Waals surface area contributed by atoms with Gasteiger partial charge < -0.3 is 10.2 Å². The van der Waals surface area contributed by atoms with Gasteiger partial charge in [-0.05, 0) is 54.2 Å². The predicted molar refractivity (Wildman–Crippen MR) is 126 cm³/mol. The van der Waals surface area contributed by atoms with Crippen molar-refractivity contribution in [2.45, 2.75) is 26.2 Å². The molecule has 164 valence electrons. The molecule has 0 unspecified atom stereocenters. The summed E-state index contributed by atoms with van der Waals surface area (Å²) in [5, 5.41) is 2.86. The number of benzene rings is 2. The third-order valence-electron chi connectivity index (χ3n) is 6.39. The molecule has 1 fully saturated rings. The van der Waals surface area contributed by atoms with Crippen LogP contribution in [0.25, 0.3) is 11.1 Å². The van der Waals surface area contributed by atoms with Gasteiger partial charge in [-0.25, -0.2) is 0 Å². The SMILES string of the molecule is CNC(=O)[C@]1(Cc2ccccc2-c2ccncc2)CCN(C(=O)Cc2cccc(C)c2)C1. The summed E-state index contributed by atoms with van der Waals surface area (Å²) < 4.78 is 0. The molecular formula is C27H29N3O2. The maximum atomic E-state index is 13.1. The van der Waals surface area contributed by atoms with Gasteiger partial charge >= 0.3 is 0 Å². The summed E-state index contributed by atoms with van der Waals surface area (Å²) in [6, 6.07) is 20.2. The van der Waals surface area contributed by atoms with E-state index in [9.17, 15) is 9.59 Å². The molecule has 5 heteroatoms. The third kappa shape index (κ3) is 4.57. The number of carbonyl (C=O) groups excluding carboxylic acids is 2. The van der Waals surface area contributed by atoms with Gasteiger partial charge in [0.2, 0.25) is 11.8 Å². The lowest BCUT2D eigenvalue weighted by molar-refractivity contribution is -0.132. The lowest BCUT2D eigenvalue weighted by Crippen LogP contribution is -2.44. The van der Waals surface area contributed by atoms with Crippen LogP contribution in [0, 0.1) is 12.3 Å². The summed E-state index contributed by atoms with van der Waals surface area (Å²) in [6.45, 7) is 3.05. The van der Waals surface area contributed by atoms with Crippen molar-refractivity contribution in [3.63, 3.8) is 0 Å². The Morgan fingerprint density at radius 3 is 2.59 bits per heavy atom. The first-order chi connectivity index (χ1) is 15.5. The summed E-state index contributed by atoms with van der Waals surface area (Å²) in [7, 11) is 1.68. The molecule has 1 aromatic heterocycles. The summed E-state index contributed by atoms with van der Waals surface area (Å²) in [5.41, 5.74) is 4.80. The Morgan fingerprint density at radius 2 is 1.84 bits per heavy atom. The largest absolute Gasteiger partial charge is 0.359 e. The zero-order chi connectivity index (χ0) is 22.6. The topological polar surface area (TPSA) is 62.3 Å². The number of aryl methyl sites for hydroxylation is 1. The van der Waals surface area contributed by atoms with Crippen molar-refractivity contribution in [3.8, 4) is 11.1 Å². The van der Waals surface area contributed by atoms with Gasteiger partial charge in [-0.3, -0.25) is 14.6 Å². The molecule has 32 heavy (non-hydrogen) atoms. The molecule has 2 aromatic carbocycles. The first kappa shape index (κ1) is 21.8. The highest BCUT2D eigenvalue weighted by Crippen LogP contribution is 2.37. The van der Waals surface area contributed by atoms with Crippen LogP contribution in [0.4, 0.5) is 0 Å². The highest BCUT2D eigenvalue weighted by Gasteiger charge is 2.45. The van der Waals surface area contributed by atoms with Gasteiger partial charge in [0.05, 0.1) is 11.8 Å². The normalized spacial score (nSPS) is 17.9. The first-order valence-electron chi connectivity index (χ1n) is 11.0. The minimum atomic E-state index is -0.639. The second-order valence-electron chi connectivity index (χ2n) is 8.66. The number of hydrogen-bond acceptors (Lipinski definition) is 3. The molecule has 1 saturated heterocycles. The van der Waals surface area contributed by atoms with E-state index in [1.165, 1.54) is 0 Å². The second-order valence-corrected chi connectivity index (χ2v) is 8.66. The van der Waals surface area contributed by atoms with E-state index in [0.717, 1.165) is 27.8 Å². The van der Waals surface area contributed by atoms with Crippen LogP contribution in [-0.2, 0) is 22.4 Å². The summed E-state index contributed by atoms with van der Waals surface area (Å²) in [4.78, 5) is 32.1. The Balaban J connectivity index is 1.57. The number of amides is 2. The monoisotopic (exact) mass is 427 g/mol. The maximum absolute atomic E-state index is 13.1. The van der Waals surface area contributed by atoms with Crippen molar-refractivity contribution in [2.24, 2.45) is 5.41 Å². The zero-order valence-electron chi connectivity index (χ0n) is 18.7. The molecule has 0 saturated carbocycles. The van der Waals surface area contributed by atoms with Crippen molar-refractivity contribution >= 4 is 11.8 Å². The van der Waals surface area contributed by atoms with E-state index in [0.29, 0.717) is 32.4 Å². The lowest BCUT2D eigenvalue weighted by atomic mass is 9.78. The molecule has 2 amide bonds. The van der Waals surface area contributed by atoms with Crippen LogP contribution in [0.3, 0.4) is 0 Å². The average molecular weight is 428 g/mol. The number of pyridine rings is 1. The number of hydrogen-bond donors (Lipinski definition) is 1. The molecule has 4 rings (SSSR count). The molecule has 1 atom stereocenters. The Bertz CT molecular complexity index is 1110. The predicted octanol–water partition coefficient (Wildman–Crippen LogP) is 3.81. The van der Waals surface area contributed by atoms with Gasteiger partial charge in [-0.15, -0.1) is 0 Å². The number of likely N-dealkylation sites (tertiary alicyclic amines) is 1. The number of rotatable bonds is 6. The molecular weight excluding hydrogens is 398 g/mol. The first-order valence-corrected chi connectivity index (χ1v) is 11.0. The number of nitrogens with one attached hydrogen (secondary N) is 1. The average Bonchev–Trinajstić information content (AvgIpc) is 3.25. The number of nitrogens with zero attached hydrogens (tertiary/aromatic N) is 2. The smallest absolute Gasteiger partial charge is 0.228 e. The lowest BCUT2D eigenvalue weighted by Gasteiger charge is -2.28. The van der Waals surface area contributed by atoms with E-state index >= 15 is 0 Å². The Morgan fingerprint density at radius 1 is 1.06 bits per heavy atom. The molecule has 3 aromatic rings. The Hall–Kier alpha value is -3.47. The van der Waals surface area contributed by atoms with Gasteiger partial charge in [-0.1, -0.05) is 54.1 Å².